The molecule has 0 saturated carbocycles. The molecule has 2 aromatic heterocycles. The molecule has 9 heteroatoms. The molecule has 0 radical (unpaired) electrons. The van der Waals surface area contributed by atoms with Crippen LogP contribution >= 0.6 is 11.6 Å². The first-order chi connectivity index (χ1) is 14.1. The molecule has 3 N–H and O–H groups in total. The summed E-state index contributed by atoms with van der Waals surface area (Å²) in [4.78, 5) is 27.3. The highest BCUT2D eigenvalue weighted by Gasteiger charge is 2.21. The van der Waals surface area contributed by atoms with E-state index in [-0.39, 0.29) is 11.9 Å². The Hall–Kier alpha value is -2.71. The number of carbonyl (C=O) groups excluding carboxylic acids is 1. The number of nitrogen functional groups attached to an aromatic ring is 1. The molecule has 1 saturated heterocycles. The third-order valence-electron chi connectivity index (χ3n) is 5.33. The molecule has 1 aromatic carbocycles. The third kappa shape index (κ3) is 4.65. The Morgan fingerprint density at radius 3 is 2.66 bits per heavy atom. The first-order valence-corrected chi connectivity index (χ1v) is 10.2. The van der Waals surface area contributed by atoms with Crippen LogP contribution in [0.2, 0.25) is 5.02 Å². The number of nitrogens with one attached hydrogen (secondary N) is 1. The maximum atomic E-state index is 12.3. The summed E-state index contributed by atoms with van der Waals surface area (Å²) in [6.07, 6.45) is 6.15. The lowest BCUT2D eigenvalue weighted by atomic mass is 10.0. The Morgan fingerprint density at radius 1 is 1.14 bits per heavy atom. The third-order valence-corrected chi connectivity index (χ3v) is 5.58. The smallest absolute Gasteiger partial charge is 0.251 e. The van der Waals surface area contributed by atoms with E-state index in [9.17, 15) is 4.79 Å². The molecule has 0 spiro atoms. The molecule has 0 bridgehead atoms. The number of aryl methyl sites for hydroxylation is 1. The van der Waals surface area contributed by atoms with Crippen LogP contribution in [-0.2, 0) is 6.54 Å². The fraction of sp³-hybridized carbons (Fsp3) is 0.400. The van der Waals surface area contributed by atoms with Gasteiger partial charge in [0, 0.05) is 36.3 Å². The van der Waals surface area contributed by atoms with Crippen molar-refractivity contribution in [1.29, 1.82) is 0 Å². The fourth-order valence-electron chi connectivity index (χ4n) is 3.70. The first kappa shape index (κ1) is 19.6. The van der Waals surface area contributed by atoms with E-state index in [2.05, 4.69) is 25.2 Å². The normalized spacial score (nSPS) is 15.6. The van der Waals surface area contributed by atoms with Crippen LogP contribution in [0.1, 0.15) is 29.6 Å². The van der Waals surface area contributed by atoms with Crippen molar-refractivity contribution < 1.29 is 4.79 Å². The number of benzene rings is 1. The molecule has 1 fully saturated rings. The Kier molecular flexibility index (Phi) is 5.92. The molecule has 4 rings (SSSR count). The minimum absolute atomic E-state index is 0.0339. The van der Waals surface area contributed by atoms with Crippen LogP contribution in [0.3, 0.4) is 0 Å². The van der Waals surface area contributed by atoms with Crippen molar-refractivity contribution in [3.8, 4) is 0 Å². The zero-order valence-electron chi connectivity index (χ0n) is 16.1. The molecule has 152 valence electrons. The van der Waals surface area contributed by atoms with E-state index in [0.29, 0.717) is 21.9 Å². The van der Waals surface area contributed by atoms with Gasteiger partial charge >= 0.3 is 0 Å². The summed E-state index contributed by atoms with van der Waals surface area (Å²) in [6.45, 7) is 3.79. The number of fused-ring (bicyclic) bond motifs is 1. The number of halogens is 1. The van der Waals surface area contributed by atoms with Gasteiger partial charge in [-0.05, 0) is 50.1 Å². The van der Waals surface area contributed by atoms with Gasteiger partial charge in [-0.15, -0.1) is 0 Å². The topological polar surface area (TPSA) is 102 Å². The zero-order valence-corrected chi connectivity index (χ0v) is 16.8. The van der Waals surface area contributed by atoms with Crippen molar-refractivity contribution >= 4 is 34.5 Å². The summed E-state index contributed by atoms with van der Waals surface area (Å²) in [7, 11) is 0. The average molecular weight is 414 g/mol. The van der Waals surface area contributed by atoms with Crippen LogP contribution in [0.4, 0.5) is 5.82 Å². The summed E-state index contributed by atoms with van der Waals surface area (Å²) >= 11 is 5.88. The van der Waals surface area contributed by atoms with Crippen LogP contribution in [0.15, 0.2) is 36.9 Å². The molecule has 0 aliphatic carbocycles. The number of amides is 1. The lowest BCUT2D eigenvalue weighted by Crippen LogP contribution is -2.44. The maximum absolute atomic E-state index is 12.3. The SMILES string of the molecule is Nc1ncnc2c1ncn2CCCN1CCC(NC(=O)c2ccc(Cl)cc2)CC1. The van der Waals surface area contributed by atoms with Gasteiger partial charge in [0.1, 0.15) is 11.8 Å². The van der Waals surface area contributed by atoms with Gasteiger partial charge in [0.2, 0.25) is 0 Å². The molecule has 1 amide bonds. The Labute approximate surface area is 174 Å². The number of piperidine rings is 1. The molecule has 3 heterocycles. The van der Waals surface area contributed by atoms with Crippen LogP contribution in [0, 0.1) is 0 Å². The number of imidazole rings is 1. The predicted octanol–water partition coefficient (Wildman–Crippen LogP) is 2.35. The molecular weight excluding hydrogens is 390 g/mol. The van der Waals surface area contributed by atoms with Crippen LogP contribution < -0.4 is 11.1 Å². The Bertz CT molecular complexity index is 980. The second-order valence-electron chi connectivity index (χ2n) is 7.32. The molecular formula is C20H24ClN7O. The number of likely N-dealkylation sites (tertiary alicyclic amines) is 1. The van der Waals surface area contributed by atoms with E-state index < -0.39 is 0 Å². The van der Waals surface area contributed by atoms with Crippen molar-refractivity contribution in [1.82, 2.24) is 29.7 Å². The zero-order chi connectivity index (χ0) is 20.2. The molecule has 8 nitrogen and oxygen atoms in total. The van der Waals surface area contributed by atoms with Gasteiger partial charge in [-0.2, -0.15) is 0 Å². The fourth-order valence-corrected chi connectivity index (χ4v) is 3.82. The van der Waals surface area contributed by atoms with Gasteiger partial charge in [-0.3, -0.25) is 4.79 Å². The summed E-state index contributed by atoms with van der Waals surface area (Å²) in [6, 6.07) is 7.20. The quantitative estimate of drug-likeness (QED) is 0.643. The predicted molar refractivity (Wildman–Crippen MR) is 113 cm³/mol. The second-order valence-corrected chi connectivity index (χ2v) is 7.76. The monoisotopic (exact) mass is 413 g/mol. The molecule has 3 aromatic rings. The summed E-state index contributed by atoms with van der Waals surface area (Å²) < 4.78 is 2.02. The number of anilines is 1. The van der Waals surface area contributed by atoms with Gasteiger partial charge in [-0.1, -0.05) is 11.6 Å². The number of carbonyl (C=O) groups is 1. The van der Waals surface area contributed by atoms with Crippen LogP contribution in [-0.4, -0.2) is 56.0 Å². The standard InChI is InChI=1S/C20H24ClN7O/c21-15-4-2-14(3-5-15)20(29)26-16-6-10-27(11-7-16)8-1-9-28-13-25-17-18(22)23-12-24-19(17)28/h2-5,12-13,16H,1,6-11H2,(H,26,29)(H2,22,23,24). The minimum Gasteiger partial charge on any atom is -0.382 e. The van der Waals surface area contributed by atoms with E-state index in [1.54, 1.807) is 30.6 Å². The Balaban J connectivity index is 1.21. The molecule has 29 heavy (non-hydrogen) atoms. The number of hydrogen-bond donors (Lipinski definition) is 2. The van der Waals surface area contributed by atoms with E-state index in [1.807, 2.05) is 4.57 Å². The number of nitrogens with two attached hydrogens (primary N) is 1. The lowest BCUT2D eigenvalue weighted by Gasteiger charge is -2.32. The average Bonchev–Trinajstić information content (AvgIpc) is 3.14. The summed E-state index contributed by atoms with van der Waals surface area (Å²) in [5.74, 6) is 0.379. The van der Waals surface area contributed by atoms with Gasteiger partial charge in [0.15, 0.2) is 11.5 Å². The van der Waals surface area contributed by atoms with Crippen LogP contribution in [0.25, 0.3) is 11.2 Å². The van der Waals surface area contributed by atoms with Crippen LogP contribution in [0.5, 0.6) is 0 Å². The number of nitrogens with zero attached hydrogens (tertiary/aromatic N) is 5. The van der Waals surface area contributed by atoms with E-state index >= 15 is 0 Å². The van der Waals surface area contributed by atoms with Crippen molar-refractivity contribution in [2.24, 2.45) is 0 Å². The molecule has 0 unspecified atom stereocenters. The van der Waals surface area contributed by atoms with E-state index in [1.165, 1.54) is 6.33 Å². The van der Waals surface area contributed by atoms with Gasteiger partial charge in [-0.25, -0.2) is 15.0 Å². The highest BCUT2D eigenvalue weighted by molar-refractivity contribution is 6.30. The molecule has 0 atom stereocenters. The maximum Gasteiger partial charge on any atom is 0.251 e. The first-order valence-electron chi connectivity index (χ1n) is 9.80. The lowest BCUT2D eigenvalue weighted by molar-refractivity contribution is 0.0910. The van der Waals surface area contributed by atoms with Crippen molar-refractivity contribution in [2.45, 2.75) is 31.8 Å². The number of hydrogen-bond acceptors (Lipinski definition) is 6. The Morgan fingerprint density at radius 2 is 1.90 bits per heavy atom. The minimum atomic E-state index is -0.0339. The van der Waals surface area contributed by atoms with Gasteiger partial charge in [0.25, 0.3) is 5.91 Å². The number of aromatic nitrogens is 4. The molecule has 1 aliphatic heterocycles. The van der Waals surface area contributed by atoms with Crippen molar-refractivity contribution in [2.75, 3.05) is 25.4 Å². The molecule has 1 aliphatic rings. The van der Waals surface area contributed by atoms with Crippen molar-refractivity contribution in [3.05, 3.63) is 47.5 Å². The van der Waals surface area contributed by atoms with Gasteiger partial charge < -0.3 is 20.5 Å². The van der Waals surface area contributed by atoms with Crippen molar-refractivity contribution in [3.63, 3.8) is 0 Å². The largest absolute Gasteiger partial charge is 0.382 e. The summed E-state index contributed by atoms with van der Waals surface area (Å²) in [5, 5.41) is 3.77. The highest BCUT2D eigenvalue weighted by Crippen LogP contribution is 2.16. The summed E-state index contributed by atoms with van der Waals surface area (Å²) in [5.41, 5.74) is 7.92. The number of rotatable bonds is 6. The second kappa shape index (κ2) is 8.75. The van der Waals surface area contributed by atoms with E-state index in [0.717, 1.165) is 51.1 Å². The highest BCUT2D eigenvalue weighted by atomic mass is 35.5. The van der Waals surface area contributed by atoms with E-state index in [4.69, 9.17) is 17.3 Å². The van der Waals surface area contributed by atoms with Gasteiger partial charge in [0.05, 0.1) is 6.33 Å².